The first kappa shape index (κ1) is 41.6. The minimum Gasteiger partial charge on any atom is -0.0581 e. The molecule has 0 radical (unpaired) electrons. The fraction of sp³-hybridized carbons (Fsp3) is 0.745. The van der Waals surface area contributed by atoms with Gasteiger partial charge in [0, 0.05) is 0 Å². The van der Waals surface area contributed by atoms with E-state index < -0.39 is 0 Å². The van der Waals surface area contributed by atoms with Crippen LogP contribution in [-0.2, 0) is 49.7 Å². The molecule has 0 amide bonds. The van der Waals surface area contributed by atoms with Gasteiger partial charge in [-0.25, -0.2) is 0 Å². The van der Waals surface area contributed by atoms with Crippen LogP contribution < -0.4 is 0 Å². The SMILES string of the molecule is CC(Cc1c(C(C)(C)C)cc(C(C)(C)C)c(C(C)(C)C)c1C(C)(C)C)c1c(C(C)(C)C)c(C(C)(C)C)cc(C(C)(C)C)c1C(C)(C)C. The van der Waals surface area contributed by atoms with Crippen molar-refractivity contribution in [2.24, 2.45) is 0 Å². The Kier molecular flexibility index (Phi) is 10.9. The summed E-state index contributed by atoms with van der Waals surface area (Å²) < 4.78 is 0. The third kappa shape index (κ3) is 8.97. The van der Waals surface area contributed by atoms with E-state index in [0.29, 0.717) is 5.92 Å². The van der Waals surface area contributed by atoms with E-state index in [4.69, 9.17) is 0 Å². The lowest BCUT2D eigenvalue weighted by Crippen LogP contribution is -2.34. The molecule has 0 bridgehead atoms. The van der Waals surface area contributed by atoms with Gasteiger partial charge in [0.05, 0.1) is 0 Å². The first-order valence-electron chi connectivity index (χ1n) is 18.8. The van der Waals surface area contributed by atoms with Crippen molar-refractivity contribution in [1.82, 2.24) is 0 Å². The van der Waals surface area contributed by atoms with Gasteiger partial charge in [0.15, 0.2) is 0 Å². The zero-order valence-corrected chi connectivity index (χ0v) is 36.4. The van der Waals surface area contributed by atoms with Gasteiger partial charge in [-0.1, -0.05) is 185 Å². The molecule has 0 N–H and O–H groups in total. The van der Waals surface area contributed by atoms with E-state index in [-0.39, 0.29) is 43.3 Å². The monoisotopic (exact) mass is 645 g/mol. The molecule has 268 valence electrons. The van der Waals surface area contributed by atoms with Gasteiger partial charge in [-0.2, -0.15) is 0 Å². The number of hydrogen-bond acceptors (Lipinski definition) is 0. The maximum Gasteiger partial charge on any atom is -0.0126 e. The highest BCUT2D eigenvalue weighted by Crippen LogP contribution is 2.51. The van der Waals surface area contributed by atoms with E-state index in [1.807, 2.05) is 0 Å². The normalized spacial score (nSPS) is 15.3. The van der Waals surface area contributed by atoms with Crippen LogP contribution in [0.15, 0.2) is 12.1 Å². The van der Waals surface area contributed by atoms with Crippen molar-refractivity contribution in [3.05, 3.63) is 67.8 Å². The predicted octanol–water partition coefficient (Wildman–Crippen LogP) is 14.4. The molecule has 0 aliphatic rings. The molecule has 0 aliphatic heterocycles. The van der Waals surface area contributed by atoms with E-state index in [9.17, 15) is 0 Å². The highest BCUT2D eigenvalue weighted by molar-refractivity contribution is 5.60. The van der Waals surface area contributed by atoms with Gasteiger partial charge < -0.3 is 0 Å². The zero-order chi connectivity index (χ0) is 37.5. The molecule has 0 heteroatoms. The summed E-state index contributed by atoms with van der Waals surface area (Å²) in [5, 5.41) is 0. The maximum atomic E-state index is 2.64. The van der Waals surface area contributed by atoms with Crippen LogP contribution in [0.4, 0.5) is 0 Å². The topological polar surface area (TPSA) is 0 Å². The second kappa shape index (κ2) is 12.3. The molecule has 0 saturated heterocycles. The van der Waals surface area contributed by atoms with E-state index in [1.54, 1.807) is 33.4 Å². The first-order valence-corrected chi connectivity index (χ1v) is 18.8. The smallest absolute Gasteiger partial charge is 0.0126 e. The molecule has 0 aliphatic carbocycles. The maximum absolute atomic E-state index is 2.64. The standard InChI is InChI=1S/C47H80/c1-29(35-37(45(17,18)19)32(41(5,6)7)28-33(42(8,9)10)38(35)46(20,21)22)26-30-31(40(2,3)4)27-34(43(11,12)13)39(47(23,24)25)36(30)44(14,15)16/h27-29H,26H2,1-25H3. The van der Waals surface area contributed by atoms with Gasteiger partial charge in [0.1, 0.15) is 0 Å². The Hall–Kier alpha value is -1.56. The third-order valence-corrected chi connectivity index (χ3v) is 10.0. The molecule has 2 rings (SSSR count). The summed E-state index contributed by atoms with van der Waals surface area (Å²) in [6.07, 6.45) is 1.04. The molecule has 0 nitrogen and oxygen atoms in total. The van der Waals surface area contributed by atoms with E-state index in [0.717, 1.165) is 6.42 Å². The van der Waals surface area contributed by atoms with Gasteiger partial charge in [-0.15, -0.1) is 0 Å². The Labute approximate surface area is 295 Å². The molecule has 2 aromatic carbocycles. The predicted molar refractivity (Wildman–Crippen MR) is 215 cm³/mol. The molecular formula is C47H80. The van der Waals surface area contributed by atoms with Gasteiger partial charge in [0.25, 0.3) is 0 Å². The lowest BCUT2D eigenvalue weighted by atomic mass is 9.61. The molecule has 1 unspecified atom stereocenters. The van der Waals surface area contributed by atoms with Crippen molar-refractivity contribution in [3.8, 4) is 0 Å². The van der Waals surface area contributed by atoms with E-state index in [2.05, 4.69) is 185 Å². The summed E-state index contributed by atoms with van der Waals surface area (Å²) in [6.45, 7) is 61.1. The third-order valence-electron chi connectivity index (χ3n) is 10.0. The first-order chi connectivity index (χ1) is 20.3. The average Bonchev–Trinajstić information content (AvgIpc) is 2.76. The minimum atomic E-state index is 0.00245. The Morgan fingerprint density at radius 1 is 0.340 bits per heavy atom. The highest BCUT2D eigenvalue weighted by atomic mass is 14.4. The van der Waals surface area contributed by atoms with E-state index >= 15 is 0 Å². The number of hydrogen-bond donors (Lipinski definition) is 0. The lowest BCUT2D eigenvalue weighted by molar-refractivity contribution is 0.473. The van der Waals surface area contributed by atoms with Crippen LogP contribution >= 0.6 is 0 Å². The van der Waals surface area contributed by atoms with Gasteiger partial charge in [-0.05, 0) is 111 Å². The Bertz CT molecular complexity index is 1380. The molecule has 0 aromatic heterocycles. The number of benzene rings is 2. The summed E-state index contributed by atoms with van der Waals surface area (Å²) >= 11 is 0. The second-order valence-corrected chi connectivity index (χ2v) is 23.4. The summed E-state index contributed by atoms with van der Waals surface area (Å²) in [5.74, 6) is 0.345. The number of rotatable bonds is 3. The molecule has 0 fully saturated rings. The van der Waals surface area contributed by atoms with Crippen molar-refractivity contribution < 1.29 is 0 Å². The minimum absolute atomic E-state index is 0.00245. The van der Waals surface area contributed by atoms with Crippen molar-refractivity contribution >= 4 is 0 Å². The fourth-order valence-electron chi connectivity index (χ4n) is 8.21. The Morgan fingerprint density at radius 3 is 0.851 bits per heavy atom. The second-order valence-electron chi connectivity index (χ2n) is 23.4. The van der Waals surface area contributed by atoms with Crippen molar-refractivity contribution in [1.29, 1.82) is 0 Å². The summed E-state index contributed by atoms with van der Waals surface area (Å²) in [6, 6.07) is 5.26. The molecule has 0 spiro atoms. The van der Waals surface area contributed by atoms with Crippen LogP contribution in [0.5, 0.6) is 0 Å². The summed E-state index contributed by atoms with van der Waals surface area (Å²) in [4.78, 5) is 0. The van der Waals surface area contributed by atoms with Crippen molar-refractivity contribution in [3.63, 3.8) is 0 Å². The molecule has 2 aromatic rings. The largest absolute Gasteiger partial charge is 0.0581 e. The summed E-state index contributed by atoms with van der Waals surface area (Å²) in [7, 11) is 0. The van der Waals surface area contributed by atoms with Gasteiger partial charge in [-0.3, -0.25) is 0 Å². The van der Waals surface area contributed by atoms with Gasteiger partial charge >= 0.3 is 0 Å². The molecule has 0 heterocycles. The van der Waals surface area contributed by atoms with Crippen LogP contribution in [0, 0.1) is 0 Å². The molecule has 1 atom stereocenters. The highest BCUT2D eigenvalue weighted by Gasteiger charge is 2.41. The zero-order valence-electron chi connectivity index (χ0n) is 36.4. The van der Waals surface area contributed by atoms with Crippen LogP contribution in [0.1, 0.15) is 235 Å². The fourth-order valence-corrected chi connectivity index (χ4v) is 8.21. The molecular weight excluding hydrogens is 565 g/mol. The van der Waals surface area contributed by atoms with Crippen molar-refractivity contribution in [2.75, 3.05) is 0 Å². The van der Waals surface area contributed by atoms with Crippen molar-refractivity contribution in [2.45, 2.75) is 229 Å². The quantitative estimate of drug-likeness (QED) is 0.312. The Morgan fingerprint density at radius 2 is 0.596 bits per heavy atom. The summed E-state index contributed by atoms with van der Waals surface area (Å²) in [5.41, 5.74) is 15.8. The average molecular weight is 645 g/mol. The van der Waals surface area contributed by atoms with Crippen LogP contribution in [-0.4, -0.2) is 0 Å². The van der Waals surface area contributed by atoms with Crippen LogP contribution in [0.25, 0.3) is 0 Å². The molecule has 47 heavy (non-hydrogen) atoms. The van der Waals surface area contributed by atoms with Crippen LogP contribution in [0.2, 0.25) is 0 Å². The Balaban J connectivity index is 3.41. The lowest BCUT2D eigenvalue weighted by Gasteiger charge is -2.43. The van der Waals surface area contributed by atoms with Crippen LogP contribution in [0.3, 0.4) is 0 Å². The molecule has 0 saturated carbocycles. The van der Waals surface area contributed by atoms with Gasteiger partial charge in [0.2, 0.25) is 0 Å². The van der Waals surface area contributed by atoms with E-state index in [1.165, 1.54) is 22.3 Å².